The number of halogens is 5. The number of rotatable bonds is 5. The molecule has 6 heteroatoms. The molecule has 0 amide bonds. The molecule has 0 fully saturated rings. The van der Waals surface area contributed by atoms with Crippen molar-refractivity contribution in [1.82, 2.24) is 0 Å². The topological polar surface area (TPSA) is 9.23 Å². The van der Waals surface area contributed by atoms with Crippen molar-refractivity contribution in [1.29, 1.82) is 0 Å². The number of hydrogen-bond donors (Lipinski definition) is 0. The van der Waals surface area contributed by atoms with Gasteiger partial charge in [0.1, 0.15) is 11.6 Å². The molecule has 0 aliphatic heterocycles. The summed E-state index contributed by atoms with van der Waals surface area (Å²) in [5.74, 6) is -1.72. The van der Waals surface area contributed by atoms with Crippen molar-refractivity contribution < 1.29 is 26.7 Å². The molecule has 0 bridgehead atoms. The minimum Gasteiger partial charge on any atom is -0.364 e. The molecule has 1 nitrogen and oxygen atoms in total. The van der Waals surface area contributed by atoms with Gasteiger partial charge in [-0.25, -0.2) is 8.78 Å². The molecular formula is C16H13F5O. The van der Waals surface area contributed by atoms with Gasteiger partial charge in [0.25, 0.3) is 0 Å². The second-order valence-corrected chi connectivity index (χ2v) is 4.77. The van der Waals surface area contributed by atoms with E-state index in [-0.39, 0.29) is 12.0 Å². The Labute approximate surface area is 124 Å². The Morgan fingerprint density at radius 1 is 0.955 bits per heavy atom. The molecule has 22 heavy (non-hydrogen) atoms. The number of ether oxygens (including phenoxy) is 1. The second kappa shape index (κ2) is 6.87. The molecule has 0 saturated carbocycles. The van der Waals surface area contributed by atoms with E-state index in [4.69, 9.17) is 4.74 Å². The Hall–Kier alpha value is -1.95. The predicted octanol–water partition coefficient (Wildman–Crippen LogP) is 4.66. The largest absolute Gasteiger partial charge is 0.414 e. The van der Waals surface area contributed by atoms with Gasteiger partial charge in [0.05, 0.1) is 6.61 Å². The minimum atomic E-state index is -4.58. The van der Waals surface area contributed by atoms with Gasteiger partial charge in [-0.1, -0.05) is 36.4 Å². The third-order valence-corrected chi connectivity index (χ3v) is 3.08. The Morgan fingerprint density at radius 2 is 1.64 bits per heavy atom. The van der Waals surface area contributed by atoms with Gasteiger partial charge in [-0.15, -0.1) is 0 Å². The molecule has 0 aromatic heterocycles. The monoisotopic (exact) mass is 316 g/mol. The standard InChI is InChI=1S/C16H13F5O/c17-13-7-6-12(14(18)9-13)10-22-15(16(19,20)21)8-11-4-2-1-3-5-11/h1-7,9,15H,8,10H2/t15-/m1/s1. The molecule has 2 rings (SSSR count). The first-order valence-corrected chi connectivity index (χ1v) is 6.52. The molecule has 118 valence electrons. The molecule has 0 heterocycles. The van der Waals surface area contributed by atoms with Crippen LogP contribution in [0.3, 0.4) is 0 Å². The maximum absolute atomic E-state index is 13.4. The molecule has 0 aliphatic carbocycles. The SMILES string of the molecule is Fc1ccc(CO[C@H](Cc2ccccc2)C(F)(F)F)c(F)c1. The van der Waals surface area contributed by atoms with Gasteiger partial charge in [-0.05, 0) is 11.6 Å². The first kappa shape index (κ1) is 16.4. The van der Waals surface area contributed by atoms with Crippen molar-refractivity contribution in [2.75, 3.05) is 0 Å². The second-order valence-electron chi connectivity index (χ2n) is 4.77. The van der Waals surface area contributed by atoms with E-state index in [9.17, 15) is 22.0 Å². The van der Waals surface area contributed by atoms with Gasteiger partial charge in [0.15, 0.2) is 6.10 Å². The van der Waals surface area contributed by atoms with Gasteiger partial charge in [-0.3, -0.25) is 0 Å². The summed E-state index contributed by atoms with van der Waals surface area (Å²) in [5.41, 5.74) is 0.341. The zero-order chi connectivity index (χ0) is 16.2. The highest BCUT2D eigenvalue weighted by atomic mass is 19.4. The van der Waals surface area contributed by atoms with Crippen molar-refractivity contribution >= 4 is 0 Å². The van der Waals surface area contributed by atoms with Crippen LogP contribution >= 0.6 is 0 Å². The van der Waals surface area contributed by atoms with Crippen LogP contribution in [0, 0.1) is 11.6 Å². The summed E-state index contributed by atoms with van der Waals surface area (Å²) in [6, 6.07) is 10.7. The van der Waals surface area contributed by atoms with E-state index in [1.807, 2.05) is 0 Å². The first-order valence-electron chi connectivity index (χ1n) is 6.52. The van der Waals surface area contributed by atoms with E-state index in [1.54, 1.807) is 30.3 Å². The van der Waals surface area contributed by atoms with Crippen molar-refractivity contribution in [3.8, 4) is 0 Å². The molecule has 1 atom stereocenters. The van der Waals surface area contributed by atoms with Crippen LogP contribution < -0.4 is 0 Å². The summed E-state index contributed by atoms with van der Waals surface area (Å²) >= 11 is 0. The van der Waals surface area contributed by atoms with Gasteiger partial charge >= 0.3 is 6.18 Å². The molecule has 0 spiro atoms. The van der Waals surface area contributed by atoms with Crippen LogP contribution in [0.5, 0.6) is 0 Å². The number of hydrogen-bond acceptors (Lipinski definition) is 1. The number of benzene rings is 2. The summed E-state index contributed by atoms with van der Waals surface area (Å²) in [6.07, 6.45) is -7.00. The van der Waals surface area contributed by atoms with Crippen LogP contribution in [-0.2, 0) is 17.8 Å². The van der Waals surface area contributed by atoms with Crippen LogP contribution in [0.1, 0.15) is 11.1 Å². The zero-order valence-electron chi connectivity index (χ0n) is 11.4. The third-order valence-electron chi connectivity index (χ3n) is 3.08. The Bertz CT molecular complexity index is 610. The Kier molecular flexibility index (Phi) is 5.13. The summed E-state index contributed by atoms with van der Waals surface area (Å²) < 4.78 is 70.0. The van der Waals surface area contributed by atoms with Gasteiger partial charge in [-0.2, -0.15) is 13.2 Å². The molecule has 0 radical (unpaired) electrons. The quantitative estimate of drug-likeness (QED) is 0.729. The maximum Gasteiger partial charge on any atom is 0.414 e. The minimum absolute atomic E-state index is 0.122. The molecule has 2 aromatic carbocycles. The fourth-order valence-corrected chi connectivity index (χ4v) is 1.93. The maximum atomic E-state index is 13.4. The van der Waals surface area contributed by atoms with E-state index >= 15 is 0 Å². The van der Waals surface area contributed by atoms with Crippen molar-refractivity contribution in [3.63, 3.8) is 0 Å². The zero-order valence-corrected chi connectivity index (χ0v) is 11.4. The lowest BCUT2D eigenvalue weighted by molar-refractivity contribution is -0.223. The van der Waals surface area contributed by atoms with Gasteiger partial charge < -0.3 is 4.74 Å². The van der Waals surface area contributed by atoms with Gasteiger partial charge in [0, 0.05) is 18.1 Å². The van der Waals surface area contributed by atoms with E-state index < -0.39 is 30.5 Å². The lowest BCUT2D eigenvalue weighted by Crippen LogP contribution is -2.33. The van der Waals surface area contributed by atoms with E-state index in [0.29, 0.717) is 11.6 Å². The summed E-state index contributed by atoms with van der Waals surface area (Å²) in [6.45, 7) is -0.580. The fourth-order valence-electron chi connectivity index (χ4n) is 1.93. The predicted molar refractivity (Wildman–Crippen MR) is 71.1 cm³/mol. The molecule has 0 saturated heterocycles. The molecule has 0 aliphatic rings. The number of alkyl halides is 3. The van der Waals surface area contributed by atoms with E-state index in [2.05, 4.69) is 0 Å². The van der Waals surface area contributed by atoms with Crippen molar-refractivity contribution in [2.24, 2.45) is 0 Å². The average Bonchev–Trinajstić information content (AvgIpc) is 2.45. The smallest absolute Gasteiger partial charge is 0.364 e. The first-order chi connectivity index (χ1) is 10.4. The highest BCUT2D eigenvalue weighted by molar-refractivity contribution is 5.18. The average molecular weight is 316 g/mol. The molecular weight excluding hydrogens is 303 g/mol. The Morgan fingerprint density at radius 3 is 2.23 bits per heavy atom. The van der Waals surface area contributed by atoms with Crippen molar-refractivity contribution in [3.05, 3.63) is 71.3 Å². The normalized spacial score (nSPS) is 13.1. The molecule has 2 aromatic rings. The molecule has 0 N–H and O–H groups in total. The van der Waals surface area contributed by atoms with Crippen LogP contribution in [-0.4, -0.2) is 12.3 Å². The summed E-state index contributed by atoms with van der Waals surface area (Å²) in [4.78, 5) is 0. The highest BCUT2D eigenvalue weighted by Crippen LogP contribution is 2.27. The lowest BCUT2D eigenvalue weighted by atomic mass is 10.1. The van der Waals surface area contributed by atoms with Crippen LogP contribution in [0.4, 0.5) is 22.0 Å². The van der Waals surface area contributed by atoms with Crippen LogP contribution in [0.2, 0.25) is 0 Å². The van der Waals surface area contributed by atoms with Gasteiger partial charge in [0.2, 0.25) is 0 Å². The summed E-state index contributed by atoms with van der Waals surface area (Å²) in [5, 5.41) is 0. The third kappa shape index (κ3) is 4.53. The lowest BCUT2D eigenvalue weighted by Gasteiger charge is -2.21. The Balaban J connectivity index is 2.07. The van der Waals surface area contributed by atoms with Crippen LogP contribution in [0.25, 0.3) is 0 Å². The fraction of sp³-hybridized carbons (Fsp3) is 0.250. The van der Waals surface area contributed by atoms with Crippen molar-refractivity contribution in [2.45, 2.75) is 25.3 Å². The highest BCUT2D eigenvalue weighted by Gasteiger charge is 2.40. The summed E-state index contributed by atoms with van der Waals surface area (Å²) in [7, 11) is 0. The van der Waals surface area contributed by atoms with E-state index in [1.165, 1.54) is 0 Å². The van der Waals surface area contributed by atoms with Crippen LogP contribution in [0.15, 0.2) is 48.5 Å². The van der Waals surface area contributed by atoms with E-state index in [0.717, 1.165) is 12.1 Å². The molecule has 0 unspecified atom stereocenters.